The number of morpholine rings is 1. The first kappa shape index (κ1) is 28.2. The minimum Gasteiger partial charge on any atom is -0.477 e. The van der Waals surface area contributed by atoms with Crippen LogP contribution in [0.25, 0.3) is 22.3 Å². The van der Waals surface area contributed by atoms with Gasteiger partial charge >= 0.3 is 5.97 Å². The molecule has 0 spiro atoms. The Morgan fingerprint density at radius 1 is 0.947 bits per heavy atom. The molecule has 6 rings (SSSR count). The predicted octanol–water partition coefficient (Wildman–Crippen LogP) is 4.97. The third-order valence-electron chi connectivity index (χ3n) is 7.96. The molecule has 1 N–H and O–H groups in total. The van der Waals surface area contributed by atoms with Crippen LogP contribution in [-0.2, 0) is 16.1 Å². The molecule has 1 saturated carbocycles. The fraction of sp³-hybridized carbons (Fsp3) is 0.464. The average molecular weight is 562 g/mol. The highest BCUT2D eigenvalue weighted by atomic mass is 35.5. The number of ether oxygens (including phenoxy) is 1. The summed E-state index contributed by atoms with van der Waals surface area (Å²) in [7, 11) is 0. The van der Waals surface area contributed by atoms with Crippen molar-refractivity contribution >= 4 is 53.4 Å². The molecule has 1 amide bonds. The summed E-state index contributed by atoms with van der Waals surface area (Å²) in [6, 6.07) is 11.9. The Kier molecular flexibility index (Phi) is 8.85. The number of halogens is 2. The second-order valence-electron chi connectivity index (χ2n) is 10.1. The quantitative estimate of drug-likeness (QED) is 0.484. The molecule has 0 radical (unpaired) electrons. The van der Waals surface area contributed by atoms with E-state index in [0.29, 0.717) is 51.9 Å². The maximum Gasteiger partial charge on any atom is 0.354 e. The number of nitrogens with zero attached hydrogens (tertiary/aromatic N) is 4. The van der Waals surface area contributed by atoms with Crippen LogP contribution in [0, 0.1) is 0 Å². The van der Waals surface area contributed by atoms with Gasteiger partial charge in [0.05, 0.1) is 25.5 Å². The third kappa shape index (κ3) is 5.09. The van der Waals surface area contributed by atoms with Crippen molar-refractivity contribution in [2.75, 3.05) is 44.3 Å². The highest BCUT2D eigenvalue weighted by Gasteiger charge is 2.32. The summed E-state index contributed by atoms with van der Waals surface area (Å²) >= 11 is 0. The topological polar surface area (TPSA) is 87.9 Å². The van der Waals surface area contributed by atoms with Crippen LogP contribution in [0.5, 0.6) is 0 Å². The van der Waals surface area contributed by atoms with Crippen LogP contribution in [0.3, 0.4) is 0 Å². The molecule has 3 aliphatic rings. The van der Waals surface area contributed by atoms with Gasteiger partial charge in [-0.3, -0.25) is 4.79 Å². The number of aromatic carboxylic acids is 1. The van der Waals surface area contributed by atoms with Crippen LogP contribution < -0.4 is 4.90 Å². The summed E-state index contributed by atoms with van der Waals surface area (Å²) in [4.78, 5) is 33.7. The summed E-state index contributed by atoms with van der Waals surface area (Å²) in [6.07, 6.45) is 5.95. The van der Waals surface area contributed by atoms with Gasteiger partial charge in [-0.05, 0) is 42.5 Å². The van der Waals surface area contributed by atoms with Crippen LogP contribution in [-0.4, -0.2) is 70.8 Å². The fourth-order valence-corrected chi connectivity index (χ4v) is 6.21. The number of carbonyl (C=O) groups excluding carboxylic acids is 1. The van der Waals surface area contributed by atoms with E-state index in [9.17, 15) is 14.7 Å². The van der Waals surface area contributed by atoms with Gasteiger partial charge in [0.15, 0.2) is 5.69 Å². The second kappa shape index (κ2) is 11.9. The van der Waals surface area contributed by atoms with E-state index in [0.717, 1.165) is 40.8 Å². The number of carbonyl (C=O) groups is 2. The molecule has 1 aromatic carbocycles. The molecular formula is C28H34Cl2N4O4. The maximum atomic E-state index is 13.2. The van der Waals surface area contributed by atoms with Crippen molar-refractivity contribution in [3.63, 3.8) is 0 Å². The lowest BCUT2D eigenvalue weighted by Crippen LogP contribution is -2.46. The zero-order chi connectivity index (χ0) is 24.6. The first-order valence-electron chi connectivity index (χ1n) is 13.1. The zero-order valence-corrected chi connectivity index (χ0v) is 22.9. The molecule has 3 aromatic rings. The molecular weight excluding hydrogens is 527 g/mol. The number of para-hydroxylation sites is 1. The summed E-state index contributed by atoms with van der Waals surface area (Å²) in [5, 5.41) is 10.7. The number of aromatic nitrogens is 2. The van der Waals surface area contributed by atoms with E-state index in [4.69, 9.17) is 4.74 Å². The van der Waals surface area contributed by atoms with Crippen LogP contribution in [0.4, 0.5) is 5.69 Å². The molecule has 204 valence electrons. The maximum absolute atomic E-state index is 13.2. The number of pyridine rings is 1. The molecule has 4 heterocycles. The number of amides is 1. The summed E-state index contributed by atoms with van der Waals surface area (Å²) in [5.41, 5.74) is 5.39. The van der Waals surface area contributed by atoms with Crippen molar-refractivity contribution in [3.8, 4) is 11.3 Å². The molecule has 10 heteroatoms. The van der Waals surface area contributed by atoms with Crippen molar-refractivity contribution in [1.29, 1.82) is 0 Å². The van der Waals surface area contributed by atoms with E-state index < -0.39 is 5.97 Å². The van der Waals surface area contributed by atoms with Gasteiger partial charge in [0.25, 0.3) is 0 Å². The van der Waals surface area contributed by atoms with Gasteiger partial charge in [0, 0.05) is 42.8 Å². The molecule has 1 aliphatic carbocycles. The Balaban J connectivity index is 0.00000168. The molecule has 0 unspecified atom stereocenters. The van der Waals surface area contributed by atoms with E-state index in [1.807, 2.05) is 17.0 Å². The number of hydrogen-bond acceptors (Lipinski definition) is 5. The second-order valence-corrected chi connectivity index (χ2v) is 10.1. The monoisotopic (exact) mass is 560 g/mol. The molecule has 8 nitrogen and oxygen atoms in total. The van der Waals surface area contributed by atoms with E-state index in [1.165, 1.54) is 24.8 Å². The Bertz CT molecular complexity index is 1320. The van der Waals surface area contributed by atoms with Gasteiger partial charge < -0.3 is 24.2 Å². The van der Waals surface area contributed by atoms with Crippen LogP contribution in [0.1, 0.15) is 54.1 Å². The highest BCUT2D eigenvalue weighted by Crippen LogP contribution is 2.46. The number of carboxylic acid groups (broad SMARTS) is 1. The largest absolute Gasteiger partial charge is 0.477 e. The standard InChI is InChI=1S/C28H32N4O4.2ClH/c33-24(30-14-16-36-17-15-30)18-31-12-13-32-26(20-8-4-5-9-23(20)31)25(19-6-2-1-3-7-19)21-10-11-22(28(34)35)29-27(21)32;;/h4-5,8-11,19H,1-3,6-7,12-18H2,(H,34,35);2*1H. The fourth-order valence-electron chi connectivity index (χ4n) is 6.21. The van der Waals surface area contributed by atoms with Gasteiger partial charge in [0.2, 0.25) is 5.91 Å². The summed E-state index contributed by atoms with van der Waals surface area (Å²) in [6.45, 7) is 4.03. The molecule has 0 bridgehead atoms. The molecule has 2 aromatic heterocycles. The number of fused-ring (bicyclic) bond motifs is 5. The molecule has 2 fully saturated rings. The summed E-state index contributed by atoms with van der Waals surface area (Å²) in [5.74, 6) is -0.480. The van der Waals surface area contributed by atoms with Gasteiger partial charge in [-0.25, -0.2) is 9.78 Å². The van der Waals surface area contributed by atoms with E-state index in [1.54, 1.807) is 6.07 Å². The number of anilines is 1. The molecule has 0 atom stereocenters. The van der Waals surface area contributed by atoms with E-state index in [2.05, 4.69) is 32.7 Å². The van der Waals surface area contributed by atoms with Crippen molar-refractivity contribution in [3.05, 3.63) is 47.7 Å². The normalized spacial score (nSPS) is 17.6. The van der Waals surface area contributed by atoms with Gasteiger partial charge in [-0.2, -0.15) is 0 Å². The van der Waals surface area contributed by atoms with Gasteiger partial charge in [0.1, 0.15) is 5.65 Å². The van der Waals surface area contributed by atoms with Crippen molar-refractivity contribution < 1.29 is 19.4 Å². The Labute approximate surface area is 234 Å². The smallest absolute Gasteiger partial charge is 0.354 e. The number of carboxylic acids is 1. The number of hydrogen-bond donors (Lipinski definition) is 1. The molecule has 38 heavy (non-hydrogen) atoms. The van der Waals surface area contributed by atoms with Crippen molar-refractivity contribution in [1.82, 2.24) is 14.5 Å². The predicted molar refractivity (Wildman–Crippen MR) is 152 cm³/mol. The third-order valence-corrected chi connectivity index (χ3v) is 7.96. The Hall–Kier alpha value is -2.81. The van der Waals surface area contributed by atoms with E-state index >= 15 is 0 Å². The lowest BCUT2D eigenvalue weighted by Gasteiger charge is -2.31. The van der Waals surface area contributed by atoms with E-state index in [-0.39, 0.29) is 36.4 Å². The van der Waals surface area contributed by atoms with Gasteiger partial charge in [-0.15, -0.1) is 24.8 Å². The molecule has 1 saturated heterocycles. The first-order valence-corrected chi connectivity index (χ1v) is 13.1. The van der Waals surface area contributed by atoms with Crippen LogP contribution in [0.2, 0.25) is 0 Å². The average Bonchev–Trinajstić information content (AvgIpc) is 3.16. The Morgan fingerprint density at radius 2 is 1.68 bits per heavy atom. The minimum absolute atomic E-state index is 0. The van der Waals surface area contributed by atoms with Gasteiger partial charge in [-0.1, -0.05) is 37.5 Å². The summed E-state index contributed by atoms with van der Waals surface area (Å²) < 4.78 is 7.64. The number of benzene rings is 1. The SMILES string of the molecule is Cl.Cl.O=C(O)c1ccc2c(C3CCCCC3)c3n(c2n1)CCN(CC(=O)N1CCOCC1)c1ccccc1-3. The minimum atomic E-state index is -1.02. The lowest BCUT2D eigenvalue weighted by atomic mass is 9.82. The van der Waals surface area contributed by atoms with Crippen molar-refractivity contribution in [2.24, 2.45) is 0 Å². The Morgan fingerprint density at radius 3 is 2.42 bits per heavy atom. The zero-order valence-electron chi connectivity index (χ0n) is 21.3. The number of rotatable bonds is 4. The van der Waals surface area contributed by atoms with Crippen molar-refractivity contribution in [2.45, 2.75) is 44.6 Å². The van der Waals surface area contributed by atoms with Crippen LogP contribution in [0.15, 0.2) is 36.4 Å². The first-order chi connectivity index (χ1) is 17.6. The molecule has 2 aliphatic heterocycles. The van der Waals surface area contributed by atoms with Crippen LogP contribution >= 0.6 is 24.8 Å². The highest BCUT2D eigenvalue weighted by molar-refractivity contribution is 5.97. The lowest BCUT2D eigenvalue weighted by molar-refractivity contribution is -0.133.